The molecule has 0 spiro atoms. The van der Waals surface area contributed by atoms with Crippen molar-refractivity contribution in [3.05, 3.63) is 41.7 Å². The summed E-state index contributed by atoms with van der Waals surface area (Å²) in [5.41, 5.74) is 1.18. The van der Waals surface area contributed by atoms with Crippen LogP contribution in [0.3, 0.4) is 0 Å². The first-order valence-electron chi connectivity index (χ1n) is 6.49. The molecule has 2 rings (SSSR count). The number of rotatable bonds is 7. The Labute approximate surface area is 122 Å². The van der Waals surface area contributed by atoms with Crippen LogP contribution in [0.15, 0.2) is 35.5 Å². The molecule has 1 aromatic carbocycles. The van der Waals surface area contributed by atoms with Gasteiger partial charge in [0, 0.05) is 24.7 Å². The van der Waals surface area contributed by atoms with E-state index in [4.69, 9.17) is 0 Å². The van der Waals surface area contributed by atoms with Crippen LogP contribution in [0.2, 0.25) is 0 Å². The number of carboxylic acid groups (broad SMARTS) is 1. The molecule has 0 radical (unpaired) electrons. The van der Waals surface area contributed by atoms with Crippen LogP contribution in [-0.2, 0) is 17.8 Å². The SMILES string of the molecule is CCn1c(Cc2ccccc2)nnc1SCCC(=O)[O-]. The van der Waals surface area contributed by atoms with Crippen molar-refractivity contribution in [2.24, 2.45) is 0 Å². The van der Waals surface area contributed by atoms with Crippen molar-refractivity contribution in [2.45, 2.75) is 31.5 Å². The van der Waals surface area contributed by atoms with Crippen LogP contribution >= 0.6 is 11.8 Å². The summed E-state index contributed by atoms with van der Waals surface area (Å²) in [6.45, 7) is 2.80. The van der Waals surface area contributed by atoms with Gasteiger partial charge in [0.05, 0.1) is 0 Å². The number of nitrogens with zero attached hydrogens (tertiary/aromatic N) is 3. The Hall–Kier alpha value is -1.82. The molecule has 0 aliphatic heterocycles. The Kier molecular flexibility index (Phi) is 5.17. The third-order valence-electron chi connectivity index (χ3n) is 2.85. The summed E-state index contributed by atoms with van der Waals surface area (Å²) in [6.07, 6.45) is 0.748. The molecule has 0 N–H and O–H groups in total. The molecular weight excluding hydrogens is 274 g/mol. The molecule has 6 heteroatoms. The molecule has 0 amide bonds. The minimum Gasteiger partial charge on any atom is -0.550 e. The number of hydrogen-bond acceptors (Lipinski definition) is 5. The van der Waals surface area contributed by atoms with Gasteiger partial charge in [-0.25, -0.2) is 0 Å². The quantitative estimate of drug-likeness (QED) is 0.715. The molecule has 0 aliphatic rings. The Morgan fingerprint density at radius 2 is 2.05 bits per heavy atom. The Balaban J connectivity index is 2.07. The fraction of sp³-hybridized carbons (Fsp3) is 0.357. The zero-order valence-corrected chi connectivity index (χ0v) is 12.1. The van der Waals surface area contributed by atoms with Crippen LogP contribution in [0.4, 0.5) is 0 Å². The predicted molar refractivity (Wildman–Crippen MR) is 75.3 cm³/mol. The summed E-state index contributed by atoms with van der Waals surface area (Å²) < 4.78 is 2.02. The minimum absolute atomic E-state index is 0.0231. The monoisotopic (exact) mass is 290 g/mol. The lowest BCUT2D eigenvalue weighted by molar-refractivity contribution is -0.305. The average molecular weight is 290 g/mol. The van der Waals surface area contributed by atoms with Crippen LogP contribution in [-0.4, -0.2) is 26.5 Å². The number of hydrogen-bond donors (Lipinski definition) is 0. The minimum atomic E-state index is -1.04. The van der Waals surface area contributed by atoms with E-state index in [0.29, 0.717) is 5.75 Å². The van der Waals surface area contributed by atoms with Crippen molar-refractivity contribution in [2.75, 3.05) is 5.75 Å². The van der Waals surface area contributed by atoms with E-state index in [2.05, 4.69) is 22.3 Å². The molecule has 1 aromatic heterocycles. The standard InChI is InChI=1S/C14H17N3O2S/c1-2-17-12(10-11-6-4-3-5-7-11)15-16-14(17)20-9-8-13(18)19/h3-7H,2,8-10H2,1H3,(H,18,19)/p-1. The highest BCUT2D eigenvalue weighted by Gasteiger charge is 2.11. The van der Waals surface area contributed by atoms with Gasteiger partial charge in [0.25, 0.3) is 0 Å². The fourth-order valence-electron chi connectivity index (χ4n) is 1.88. The Morgan fingerprint density at radius 3 is 2.70 bits per heavy atom. The molecule has 0 saturated carbocycles. The molecular formula is C14H16N3O2S-. The molecule has 20 heavy (non-hydrogen) atoms. The first-order chi connectivity index (χ1) is 9.70. The van der Waals surface area contributed by atoms with E-state index < -0.39 is 5.97 Å². The molecule has 0 fully saturated rings. The maximum absolute atomic E-state index is 10.4. The highest BCUT2D eigenvalue weighted by molar-refractivity contribution is 7.99. The average Bonchev–Trinajstić information content (AvgIpc) is 2.81. The van der Waals surface area contributed by atoms with Crippen molar-refractivity contribution in [3.8, 4) is 0 Å². The van der Waals surface area contributed by atoms with E-state index in [1.807, 2.05) is 29.7 Å². The summed E-state index contributed by atoms with van der Waals surface area (Å²) in [4.78, 5) is 10.4. The lowest BCUT2D eigenvalue weighted by atomic mass is 10.1. The zero-order valence-electron chi connectivity index (χ0n) is 11.3. The zero-order chi connectivity index (χ0) is 14.4. The molecule has 0 atom stereocenters. The number of benzene rings is 1. The van der Waals surface area contributed by atoms with Crippen molar-refractivity contribution < 1.29 is 9.90 Å². The van der Waals surface area contributed by atoms with Gasteiger partial charge >= 0.3 is 0 Å². The number of carbonyl (C=O) groups excluding carboxylic acids is 1. The number of carbonyl (C=O) groups is 1. The molecule has 2 aromatic rings. The first kappa shape index (κ1) is 14.6. The van der Waals surface area contributed by atoms with Gasteiger partial charge in [-0.05, 0) is 18.9 Å². The van der Waals surface area contributed by atoms with E-state index in [1.54, 1.807) is 0 Å². The summed E-state index contributed by atoms with van der Waals surface area (Å²) in [5.74, 6) is 0.311. The third-order valence-corrected chi connectivity index (χ3v) is 3.82. The highest BCUT2D eigenvalue weighted by atomic mass is 32.2. The number of aliphatic carboxylic acids is 1. The molecule has 0 bridgehead atoms. The number of aromatic nitrogens is 3. The fourth-order valence-corrected chi connectivity index (χ4v) is 2.82. The van der Waals surface area contributed by atoms with Gasteiger partial charge in [-0.2, -0.15) is 0 Å². The molecule has 106 valence electrons. The lowest BCUT2D eigenvalue weighted by Crippen LogP contribution is -2.22. The van der Waals surface area contributed by atoms with Crippen molar-refractivity contribution in [1.82, 2.24) is 14.8 Å². The van der Waals surface area contributed by atoms with E-state index >= 15 is 0 Å². The van der Waals surface area contributed by atoms with Gasteiger partial charge in [-0.1, -0.05) is 42.1 Å². The van der Waals surface area contributed by atoms with Crippen molar-refractivity contribution >= 4 is 17.7 Å². The molecule has 0 unspecified atom stereocenters. The summed E-state index contributed by atoms with van der Waals surface area (Å²) in [7, 11) is 0. The molecule has 5 nitrogen and oxygen atoms in total. The predicted octanol–water partition coefficient (Wildman–Crippen LogP) is 1.12. The van der Waals surface area contributed by atoms with Gasteiger partial charge < -0.3 is 14.5 Å². The maximum atomic E-state index is 10.4. The second-order valence-corrected chi connectivity index (χ2v) is 5.34. The maximum Gasteiger partial charge on any atom is 0.191 e. The molecule has 1 heterocycles. The van der Waals surface area contributed by atoms with Crippen LogP contribution in [0, 0.1) is 0 Å². The van der Waals surface area contributed by atoms with Crippen LogP contribution in [0.5, 0.6) is 0 Å². The van der Waals surface area contributed by atoms with Crippen LogP contribution in [0.1, 0.15) is 24.7 Å². The third kappa shape index (κ3) is 3.84. The van der Waals surface area contributed by atoms with Crippen LogP contribution < -0.4 is 5.11 Å². The normalized spacial score (nSPS) is 10.7. The second kappa shape index (κ2) is 7.09. The number of thioether (sulfide) groups is 1. The molecule has 0 saturated heterocycles. The van der Waals surface area contributed by atoms with Gasteiger partial charge in [-0.3, -0.25) is 0 Å². The summed E-state index contributed by atoms with van der Waals surface area (Å²) in [5, 5.41) is 19.5. The van der Waals surface area contributed by atoms with E-state index in [9.17, 15) is 9.90 Å². The Bertz CT molecular complexity index is 569. The molecule has 0 aliphatic carbocycles. The van der Waals surface area contributed by atoms with Crippen LogP contribution in [0.25, 0.3) is 0 Å². The first-order valence-corrected chi connectivity index (χ1v) is 7.48. The van der Waals surface area contributed by atoms with Gasteiger partial charge in [0.1, 0.15) is 5.82 Å². The van der Waals surface area contributed by atoms with Crippen molar-refractivity contribution in [1.29, 1.82) is 0 Å². The van der Waals surface area contributed by atoms with Gasteiger partial charge in [-0.15, -0.1) is 10.2 Å². The lowest BCUT2D eigenvalue weighted by Gasteiger charge is -2.07. The van der Waals surface area contributed by atoms with Gasteiger partial charge in [0.15, 0.2) is 5.16 Å². The smallest absolute Gasteiger partial charge is 0.191 e. The van der Waals surface area contributed by atoms with E-state index in [-0.39, 0.29) is 6.42 Å². The topological polar surface area (TPSA) is 70.8 Å². The summed E-state index contributed by atoms with van der Waals surface area (Å²) in [6, 6.07) is 10.1. The van der Waals surface area contributed by atoms with Crippen molar-refractivity contribution in [3.63, 3.8) is 0 Å². The highest BCUT2D eigenvalue weighted by Crippen LogP contribution is 2.19. The largest absolute Gasteiger partial charge is 0.550 e. The van der Waals surface area contributed by atoms with E-state index in [1.165, 1.54) is 17.3 Å². The number of carboxylic acids is 1. The van der Waals surface area contributed by atoms with Gasteiger partial charge in [0.2, 0.25) is 0 Å². The second-order valence-electron chi connectivity index (χ2n) is 4.28. The van der Waals surface area contributed by atoms with E-state index in [0.717, 1.165) is 23.9 Å². The Morgan fingerprint density at radius 1 is 1.30 bits per heavy atom. The summed E-state index contributed by atoms with van der Waals surface area (Å²) >= 11 is 1.40.